The van der Waals surface area contributed by atoms with Crippen LogP contribution in [-0.2, 0) is 0 Å². The fourth-order valence-electron chi connectivity index (χ4n) is 1.51. The Morgan fingerprint density at radius 2 is 2.41 bits per heavy atom. The third-order valence-electron chi connectivity index (χ3n) is 2.29. The van der Waals surface area contributed by atoms with Gasteiger partial charge in [0.25, 0.3) is 5.91 Å². The van der Waals surface area contributed by atoms with Gasteiger partial charge in [-0.05, 0) is 12.8 Å². The number of hydrogen-bond acceptors (Lipinski definition) is 3. The van der Waals surface area contributed by atoms with Crippen molar-refractivity contribution < 1.29 is 9.21 Å². The lowest BCUT2D eigenvalue weighted by molar-refractivity contribution is 0.0954. The molecule has 0 saturated heterocycles. The average Bonchev–Trinajstić information content (AvgIpc) is 2.73. The third-order valence-corrected chi connectivity index (χ3v) is 2.29. The molecule has 0 aliphatic rings. The van der Waals surface area contributed by atoms with Crippen LogP contribution in [0.3, 0.4) is 0 Å². The van der Waals surface area contributed by atoms with E-state index in [9.17, 15) is 9.59 Å². The van der Waals surface area contributed by atoms with Crippen LogP contribution in [0.25, 0.3) is 11.1 Å². The number of hydrogen-bond donors (Lipinski definition) is 2. The Labute approximate surface area is 96.8 Å². The summed E-state index contributed by atoms with van der Waals surface area (Å²) >= 11 is 0. The minimum absolute atomic E-state index is 0.0451. The molecule has 2 heterocycles. The number of terminal acetylenes is 1. The molecule has 5 heteroatoms. The SMILES string of the molecule is C#Cc1cc2c(=O)c(C(=O)NCC)c[nH]c2o1. The van der Waals surface area contributed by atoms with Crippen molar-refractivity contribution in [2.75, 3.05) is 6.54 Å². The Bertz CT molecular complexity index is 673. The van der Waals surface area contributed by atoms with Gasteiger partial charge in [-0.25, -0.2) is 0 Å². The molecule has 2 aromatic heterocycles. The van der Waals surface area contributed by atoms with E-state index in [-0.39, 0.29) is 22.4 Å². The van der Waals surface area contributed by atoms with E-state index in [4.69, 9.17) is 10.8 Å². The predicted molar refractivity (Wildman–Crippen MR) is 62.8 cm³/mol. The highest BCUT2D eigenvalue weighted by atomic mass is 16.3. The summed E-state index contributed by atoms with van der Waals surface area (Å²) in [5.74, 6) is 2.13. The van der Waals surface area contributed by atoms with Crippen LogP contribution in [-0.4, -0.2) is 17.4 Å². The molecule has 5 nitrogen and oxygen atoms in total. The number of nitrogens with one attached hydrogen (secondary N) is 2. The zero-order valence-electron chi connectivity index (χ0n) is 9.16. The van der Waals surface area contributed by atoms with E-state index in [1.807, 2.05) is 0 Å². The highest BCUT2D eigenvalue weighted by Crippen LogP contribution is 2.13. The Balaban J connectivity index is 2.62. The van der Waals surface area contributed by atoms with Gasteiger partial charge >= 0.3 is 0 Å². The van der Waals surface area contributed by atoms with E-state index in [0.717, 1.165) is 0 Å². The molecule has 2 aromatic rings. The van der Waals surface area contributed by atoms with Crippen molar-refractivity contribution in [1.29, 1.82) is 0 Å². The van der Waals surface area contributed by atoms with E-state index in [0.29, 0.717) is 6.54 Å². The van der Waals surface area contributed by atoms with Gasteiger partial charge in [-0.1, -0.05) is 0 Å². The van der Waals surface area contributed by atoms with E-state index >= 15 is 0 Å². The van der Waals surface area contributed by atoms with Gasteiger partial charge in [-0.15, -0.1) is 6.42 Å². The van der Waals surface area contributed by atoms with Crippen LogP contribution < -0.4 is 10.7 Å². The highest BCUT2D eigenvalue weighted by Gasteiger charge is 2.14. The van der Waals surface area contributed by atoms with Crippen molar-refractivity contribution in [3.63, 3.8) is 0 Å². The van der Waals surface area contributed by atoms with Gasteiger partial charge in [0.2, 0.25) is 11.1 Å². The maximum Gasteiger partial charge on any atom is 0.256 e. The summed E-state index contributed by atoms with van der Waals surface area (Å²) in [6.45, 7) is 2.23. The molecule has 0 atom stereocenters. The summed E-state index contributed by atoms with van der Waals surface area (Å²) < 4.78 is 5.17. The maximum atomic E-state index is 12.0. The van der Waals surface area contributed by atoms with Gasteiger partial charge in [0.1, 0.15) is 5.56 Å². The first-order valence-corrected chi connectivity index (χ1v) is 5.07. The zero-order chi connectivity index (χ0) is 12.4. The minimum Gasteiger partial charge on any atom is -0.431 e. The molecule has 2 N–H and O–H groups in total. The number of H-pyrrole nitrogens is 1. The standard InChI is InChI=1S/C12H10N2O3/c1-3-7-5-8-10(15)9(11(16)13-4-2)6-14-12(8)17-7/h1,5-6H,4H2,2H3,(H,13,16)(H,14,15). The van der Waals surface area contributed by atoms with Gasteiger partial charge in [0.15, 0.2) is 5.76 Å². The summed E-state index contributed by atoms with van der Waals surface area (Å²) in [6, 6.07) is 1.44. The lowest BCUT2D eigenvalue weighted by atomic mass is 10.2. The number of aromatic amines is 1. The third kappa shape index (κ3) is 1.81. The van der Waals surface area contributed by atoms with Gasteiger partial charge < -0.3 is 14.7 Å². The van der Waals surface area contributed by atoms with Crippen LogP contribution in [0.15, 0.2) is 21.5 Å². The highest BCUT2D eigenvalue weighted by molar-refractivity contribution is 5.96. The number of amides is 1. The fraction of sp³-hybridized carbons (Fsp3) is 0.167. The van der Waals surface area contributed by atoms with Crippen LogP contribution in [0.2, 0.25) is 0 Å². The number of fused-ring (bicyclic) bond motifs is 1. The van der Waals surface area contributed by atoms with Crippen molar-refractivity contribution in [3.8, 4) is 12.3 Å². The molecule has 0 saturated carbocycles. The summed E-state index contributed by atoms with van der Waals surface area (Å²) in [5.41, 5.74) is -0.0744. The van der Waals surface area contributed by atoms with E-state index in [2.05, 4.69) is 16.2 Å². The summed E-state index contributed by atoms with van der Waals surface area (Å²) in [5, 5.41) is 2.84. The van der Waals surface area contributed by atoms with Gasteiger partial charge in [0, 0.05) is 18.8 Å². The van der Waals surface area contributed by atoms with Crippen molar-refractivity contribution in [2.24, 2.45) is 0 Å². The van der Waals surface area contributed by atoms with Crippen LogP contribution in [0.1, 0.15) is 23.0 Å². The second-order valence-electron chi connectivity index (χ2n) is 3.39. The van der Waals surface area contributed by atoms with E-state index in [1.165, 1.54) is 12.3 Å². The van der Waals surface area contributed by atoms with Crippen LogP contribution in [0, 0.1) is 12.3 Å². The van der Waals surface area contributed by atoms with Crippen molar-refractivity contribution >= 4 is 17.0 Å². The molecule has 2 rings (SSSR count). The Kier molecular flexibility index (Phi) is 2.71. The topological polar surface area (TPSA) is 75.1 Å². The number of pyridine rings is 1. The van der Waals surface area contributed by atoms with Gasteiger partial charge in [-0.3, -0.25) is 9.59 Å². The van der Waals surface area contributed by atoms with Crippen molar-refractivity contribution in [3.05, 3.63) is 33.8 Å². The second-order valence-corrected chi connectivity index (χ2v) is 3.39. The van der Waals surface area contributed by atoms with Crippen molar-refractivity contribution in [1.82, 2.24) is 10.3 Å². The first kappa shape index (κ1) is 11.0. The monoisotopic (exact) mass is 230 g/mol. The zero-order valence-corrected chi connectivity index (χ0v) is 9.16. The molecule has 0 spiro atoms. The fourth-order valence-corrected chi connectivity index (χ4v) is 1.51. The van der Waals surface area contributed by atoms with Gasteiger partial charge in [0.05, 0.1) is 5.39 Å². The molecule has 0 aliphatic heterocycles. The molecule has 86 valence electrons. The average molecular weight is 230 g/mol. The summed E-state index contributed by atoms with van der Waals surface area (Å²) in [6.07, 6.45) is 6.49. The minimum atomic E-state index is -0.417. The molecule has 0 unspecified atom stereocenters. The lowest BCUT2D eigenvalue weighted by Crippen LogP contribution is -2.28. The summed E-state index contributed by atoms with van der Waals surface area (Å²) in [4.78, 5) is 26.3. The van der Waals surface area contributed by atoms with Crippen molar-refractivity contribution in [2.45, 2.75) is 6.92 Å². The van der Waals surface area contributed by atoms with E-state index < -0.39 is 11.3 Å². The molecule has 0 fully saturated rings. The smallest absolute Gasteiger partial charge is 0.256 e. The predicted octanol–water partition coefficient (Wildman–Crippen LogP) is 0.852. The van der Waals surface area contributed by atoms with E-state index in [1.54, 1.807) is 6.92 Å². The summed E-state index contributed by atoms with van der Waals surface area (Å²) in [7, 11) is 0. The molecule has 1 amide bonds. The normalized spacial score (nSPS) is 10.1. The van der Waals surface area contributed by atoms with Crippen LogP contribution >= 0.6 is 0 Å². The largest absolute Gasteiger partial charge is 0.431 e. The Morgan fingerprint density at radius 3 is 3.06 bits per heavy atom. The van der Waals surface area contributed by atoms with Gasteiger partial charge in [-0.2, -0.15) is 0 Å². The molecule has 17 heavy (non-hydrogen) atoms. The lowest BCUT2D eigenvalue weighted by Gasteiger charge is -2.00. The molecule has 0 aliphatic carbocycles. The first-order chi connectivity index (χ1) is 8.17. The quantitative estimate of drug-likeness (QED) is 0.751. The number of rotatable bonds is 2. The maximum absolute atomic E-state index is 12.0. The van der Waals surface area contributed by atoms with Crippen LogP contribution in [0.5, 0.6) is 0 Å². The molecule has 0 radical (unpaired) electrons. The second kappa shape index (κ2) is 4.18. The molecule has 0 aromatic carbocycles. The molecular formula is C12H10N2O3. The number of carbonyl (C=O) groups is 1. The molecular weight excluding hydrogens is 220 g/mol. The molecule has 0 bridgehead atoms. The first-order valence-electron chi connectivity index (χ1n) is 5.07. The Morgan fingerprint density at radius 1 is 1.65 bits per heavy atom. The number of aromatic nitrogens is 1. The Hall–Kier alpha value is -2.48. The number of carbonyl (C=O) groups excluding carboxylic acids is 1. The number of furan rings is 1. The van der Waals surface area contributed by atoms with Crippen LogP contribution in [0.4, 0.5) is 0 Å².